The van der Waals surface area contributed by atoms with E-state index in [1.165, 1.54) is 25.7 Å². The van der Waals surface area contributed by atoms with Gasteiger partial charge in [-0.3, -0.25) is 14.6 Å². The molecule has 0 unspecified atom stereocenters. The van der Waals surface area contributed by atoms with E-state index in [0.29, 0.717) is 36.6 Å². The number of carbonyl (C=O) groups is 2. The number of ether oxygens (including phenoxy) is 1. The summed E-state index contributed by atoms with van der Waals surface area (Å²) in [5.41, 5.74) is 0.528. The first-order chi connectivity index (χ1) is 13.0. The highest BCUT2D eigenvalue weighted by Crippen LogP contribution is 2.34. The molecular weight excluding hydrogens is 391 g/mol. The van der Waals surface area contributed by atoms with Crippen LogP contribution in [0.3, 0.4) is 0 Å². The van der Waals surface area contributed by atoms with Crippen molar-refractivity contribution in [2.75, 3.05) is 20.2 Å². The minimum atomic E-state index is -0.349. The van der Waals surface area contributed by atoms with Crippen LogP contribution >= 0.6 is 23.2 Å². The van der Waals surface area contributed by atoms with Gasteiger partial charge < -0.3 is 15.0 Å². The molecule has 0 saturated carbocycles. The minimum absolute atomic E-state index is 0.0804. The molecule has 7 nitrogen and oxygen atoms in total. The summed E-state index contributed by atoms with van der Waals surface area (Å²) < 4.78 is 5.22. The van der Waals surface area contributed by atoms with Crippen LogP contribution in [0.15, 0.2) is 30.7 Å². The Balaban J connectivity index is 1.62. The standard InChI is InChI=1S/C18H18Cl2N4O3/c1-27-16-13(20)3-2-12(19)15(16)17(25)23-11-4-8-24(9-5-11)18(26)14-10-21-6-7-22-14/h2-3,6-7,10-11H,4-5,8-9H2,1H3,(H,23,25). The lowest BCUT2D eigenvalue weighted by atomic mass is 10.0. The number of methoxy groups -OCH3 is 1. The second-order valence-electron chi connectivity index (χ2n) is 6.07. The Labute approximate surface area is 166 Å². The number of piperidine rings is 1. The molecule has 1 aliphatic rings. The monoisotopic (exact) mass is 408 g/mol. The molecule has 0 bridgehead atoms. The Bertz CT molecular complexity index is 840. The van der Waals surface area contributed by atoms with Gasteiger partial charge in [0.15, 0.2) is 5.75 Å². The molecule has 2 aromatic rings. The van der Waals surface area contributed by atoms with Gasteiger partial charge in [0, 0.05) is 31.5 Å². The number of amides is 2. The van der Waals surface area contributed by atoms with Crippen molar-refractivity contribution in [1.29, 1.82) is 0 Å². The van der Waals surface area contributed by atoms with Crippen LogP contribution in [0.25, 0.3) is 0 Å². The maximum Gasteiger partial charge on any atom is 0.274 e. The van der Waals surface area contributed by atoms with Crippen molar-refractivity contribution in [1.82, 2.24) is 20.2 Å². The third-order valence-corrected chi connectivity index (χ3v) is 5.00. The largest absolute Gasteiger partial charge is 0.494 e. The molecule has 0 aliphatic carbocycles. The maximum atomic E-state index is 12.7. The molecule has 0 radical (unpaired) electrons. The Kier molecular flexibility index (Phi) is 6.13. The lowest BCUT2D eigenvalue weighted by Gasteiger charge is -2.32. The number of nitrogens with zero attached hydrogens (tertiary/aromatic N) is 3. The van der Waals surface area contributed by atoms with Crippen molar-refractivity contribution in [3.05, 3.63) is 52.0 Å². The maximum absolute atomic E-state index is 12.7. The van der Waals surface area contributed by atoms with Crippen LogP contribution < -0.4 is 10.1 Å². The molecular formula is C18H18Cl2N4O3. The second kappa shape index (κ2) is 8.54. The average molecular weight is 409 g/mol. The van der Waals surface area contributed by atoms with Gasteiger partial charge in [-0.25, -0.2) is 4.98 Å². The Morgan fingerprint density at radius 2 is 1.89 bits per heavy atom. The number of nitrogens with one attached hydrogen (secondary N) is 1. The zero-order valence-electron chi connectivity index (χ0n) is 14.6. The van der Waals surface area contributed by atoms with E-state index < -0.39 is 0 Å². The van der Waals surface area contributed by atoms with Gasteiger partial charge in [-0.05, 0) is 25.0 Å². The first-order valence-electron chi connectivity index (χ1n) is 8.39. The minimum Gasteiger partial charge on any atom is -0.494 e. The third kappa shape index (κ3) is 4.31. The fourth-order valence-electron chi connectivity index (χ4n) is 3.00. The fraction of sp³-hybridized carbons (Fsp3) is 0.333. The van der Waals surface area contributed by atoms with Crippen LogP contribution in [0.2, 0.25) is 10.0 Å². The van der Waals surface area contributed by atoms with Crippen molar-refractivity contribution in [2.24, 2.45) is 0 Å². The van der Waals surface area contributed by atoms with E-state index in [2.05, 4.69) is 15.3 Å². The number of benzene rings is 1. The van der Waals surface area contributed by atoms with Crippen LogP contribution in [0, 0.1) is 0 Å². The van der Waals surface area contributed by atoms with Gasteiger partial charge in [0.1, 0.15) is 11.3 Å². The highest BCUT2D eigenvalue weighted by Gasteiger charge is 2.27. The number of likely N-dealkylation sites (tertiary alicyclic amines) is 1. The van der Waals surface area contributed by atoms with Crippen LogP contribution in [-0.4, -0.2) is 52.9 Å². The zero-order chi connectivity index (χ0) is 19.4. The zero-order valence-corrected chi connectivity index (χ0v) is 16.1. The summed E-state index contributed by atoms with van der Waals surface area (Å²) >= 11 is 12.2. The van der Waals surface area contributed by atoms with Gasteiger partial charge in [-0.15, -0.1) is 0 Å². The van der Waals surface area contributed by atoms with E-state index in [1.807, 2.05) is 0 Å². The van der Waals surface area contributed by atoms with Crippen molar-refractivity contribution < 1.29 is 14.3 Å². The van der Waals surface area contributed by atoms with Crippen LogP contribution in [0.4, 0.5) is 0 Å². The van der Waals surface area contributed by atoms with E-state index in [9.17, 15) is 9.59 Å². The number of carbonyl (C=O) groups excluding carboxylic acids is 2. The van der Waals surface area contributed by atoms with Gasteiger partial charge in [-0.2, -0.15) is 0 Å². The molecule has 1 aromatic heterocycles. The third-order valence-electron chi connectivity index (χ3n) is 4.39. The van der Waals surface area contributed by atoms with Crippen molar-refractivity contribution in [2.45, 2.75) is 18.9 Å². The fourth-order valence-corrected chi connectivity index (χ4v) is 3.47. The molecule has 1 saturated heterocycles. The quantitative estimate of drug-likeness (QED) is 0.840. The molecule has 142 valence electrons. The van der Waals surface area contributed by atoms with Crippen LogP contribution in [0.5, 0.6) is 5.75 Å². The molecule has 9 heteroatoms. The molecule has 1 N–H and O–H groups in total. The predicted molar refractivity (Wildman–Crippen MR) is 101 cm³/mol. The van der Waals surface area contributed by atoms with Gasteiger partial charge in [0.25, 0.3) is 11.8 Å². The smallest absolute Gasteiger partial charge is 0.274 e. The van der Waals surface area contributed by atoms with Gasteiger partial charge in [0.05, 0.1) is 23.4 Å². The van der Waals surface area contributed by atoms with Crippen LogP contribution in [-0.2, 0) is 0 Å². The molecule has 0 atom stereocenters. The second-order valence-corrected chi connectivity index (χ2v) is 6.88. The normalized spacial score (nSPS) is 14.7. The number of rotatable bonds is 4. The lowest BCUT2D eigenvalue weighted by molar-refractivity contribution is 0.0692. The summed E-state index contributed by atoms with van der Waals surface area (Å²) in [5.74, 6) is -0.262. The van der Waals surface area contributed by atoms with E-state index in [-0.39, 0.29) is 34.2 Å². The molecule has 2 amide bonds. The number of halogens is 2. The number of aromatic nitrogens is 2. The molecule has 2 heterocycles. The highest BCUT2D eigenvalue weighted by atomic mass is 35.5. The lowest BCUT2D eigenvalue weighted by Crippen LogP contribution is -2.46. The molecule has 27 heavy (non-hydrogen) atoms. The summed E-state index contributed by atoms with van der Waals surface area (Å²) in [5, 5.41) is 3.53. The van der Waals surface area contributed by atoms with E-state index in [0.717, 1.165) is 0 Å². The molecule has 1 aliphatic heterocycles. The van der Waals surface area contributed by atoms with Crippen molar-refractivity contribution in [3.63, 3.8) is 0 Å². The summed E-state index contributed by atoms with van der Waals surface area (Å²) in [6.45, 7) is 1.03. The van der Waals surface area contributed by atoms with Crippen molar-refractivity contribution in [3.8, 4) is 5.75 Å². The SMILES string of the molecule is COc1c(Cl)ccc(Cl)c1C(=O)NC1CCN(C(=O)c2cnccn2)CC1. The van der Waals surface area contributed by atoms with E-state index in [1.54, 1.807) is 17.0 Å². The van der Waals surface area contributed by atoms with Gasteiger partial charge in [-0.1, -0.05) is 23.2 Å². The molecule has 1 aromatic carbocycles. The average Bonchev–Trinajstić information content (AvgIpc) is 2.70. The summed E-state index contributed by atoms with van der Waals surface area (Å²) in [6.07, 6.45) is 5.70. The van der Waals surface area contributed by atoms with Crippen molar-refractivity contribution >= 4 is 35.0 Å². The number of hydrogen-bond donors (Lipinski definition) is 1. The molecule has 0 spiro atoms. The van der Waals surface area contributed by atoms with E-state index >= 15 is 0 Å². The van der Waals surface area contributed by atoms with Crippen LogP contribution in [0.1, 0.15) is 33.7 Å². The van der Waals surface area contributed by atoms with Gasteiger partial charge >= 0.3 is 0 Å². The summed E-state index contributed by atoms with van der Waals surface area (Å²) in [6, 6.07) is 3.06. The number of hydrogen-bond acceptors (Lipinski definition) is 5. The topological polar surface area (TPSA) is 84.4 Å². The Morgan fingerprint density at radius 3 is 2.52 bits per heavy atom. The molecule has 3 rings (SSSR count). The predicted octanol–water partition coefficient (Wildman–Crippen LogP) is 2.83. The first-order valence-corrected chi connectivity index (χ1v) is 9.15. The van der Waals surface area contributed by atoms with Gasteiger partial charge in [0.2, 0.25) is 0 Å². The highest BCUT2D eigenvalue weighted by molar-refractivity contribution is 6.37. The van der Waals surface area contributed by atoms with E-state index in [4.69, 9.17) is 27.9 Å². The summed E-state index contributed by atoms with van der Waals surface area (Å²) in [4.78, 5) is 34.7. The first kappa shape index (κ1) is 19.4. The Hall–Kier alpha value is -2.38. The Morgan fingerprint density at radius 1 is 1.19 bits per heavy atom. The molecule has 1 fully saturated rings. The summed E-state index contributed by atoms with van der Waals surface area (Å²) in [7, 11) is 1.44.